The molecule has 3 N–H and O–H groups in total. The van der Waals surface area contributed by atoms with E-state index in [-0.39, 0.29) is 6.04 Å². The molecule has 1 aliphatic rings. The maximum absolute atomic E-state index is 10.9. The van der Waals surface area contributed by atoms with Crippen molar-refractivity contribution in [3.63, 3.8) is 0 Å². The van der Waals surface area contributed by atoms with E-state index in [0.717, 1.165) is 5.56 Å². The Morgan fingerprint density at radius 3 is 2.47 bits per heavy atom. The van der Waals surface area contributed by atoms with Gasteiger partial charge in [0.05, 0.1) is 6.04 Å². The van der Waals surface area contributed by atoms with Crippen LogP contribution < -0.4 is 11.1 Å². The van der Waals surface area contributed by atoms with E-state index in [4.69, 9.17) is 5.73 Å². The zero-order chi connectivity index (χ0) is 10.7. The normalized spacial score (nSPS) is 18.5. The quantitative estimate of drug-likeness (QED) is 0.760. The molecule has 0 fully saturated rings. The Kier molecular flexibility index (Phi) is 2.54. The summed E-state index contributed by atoms with van der Waals surface area (Å²) in [4.78, 5) is 10.9. The lowest BCUT2D eigenvalue weighted by molar-refractivity contribution is 0.100. The van der Waals surface area contributed by atoms with Gasteiger partial charge in [-0.05, 0) is 30.0 Å². The molecule has 3 nitrogen and oxygen atoms in total. The maximum Gasteiger partial charge on any atom is 0.248 e. The molecule has 15 heavy (non-hydrogen) atoms. The Morgan fingerprint density at radius 1 is 1.20 bits per heavy atom. The van der Waals surface area contributed by atoms with E-state index in [1.165, 1.54) is 0 Å². The van der Waals surface area contributed by atoms with Gasteiger partial charge in [0.2, 0.25) is 5.91 Å². The predicted octanol–water partition coefficient (Wildman–Crippen LogP) is 1.50. The van der Waals surface area contributed by atoms with Crippen molar-refractivity contribution in [2.24, 2.45) is 5.73 Å². The third-order valence-electron chi connectivity index (χ3n) is 2.34. The molecule has 1 atom stereocenters. The highest BCUT2D eigenvalue weighted by Gasteiger charge is 2.07. The lowest BCUT2D eigenvalue weighted by Gasteiger charge is -2.16. The molecule has 0 bridgehead atoms. The Labute approximate surface area is 88.3 Å². The van der Waals surface area contributed by atoms with Gasteiger partial charge in [0, 0.05) is 5.56 Å². The van der Waals surface area contributed by atoms with Crippen LogP contribution in [0.25, 0.3) is 0 Å². The lowest BCUT2D eigenvalue weighted by Crippen LogP contribution is -2.15. The molecule has 0 saturated heterocycles. The summed E-state index contributed by atoms with van der Waals surface area (Å²) in [6.45, 7) is 0. The van der Waals surface area contributed by atoms with Crippen LogP contribution in [0.15, 0.2) is 48.7 Å². The number of amides is 1. The molecule has 1 unspecified atom stereocenters. The summed E-state index contributed by atoms with van der Waals surface area (Å²) in [5.41, 5.74) is 6.81. The fraction of sp³-hybridized carbons (Fsp3) is 0.0833. The zero-order valence-electron chi connectivity index (χ0n) is 8.18. The average molecular weight is 200 g/mol. The van der Waals surface area contributed by atoms with Crippen molar-refractivity contribution in [3.8, 4) is 0 Å². The summed E-state index contributed by atoms with van der Waals surface area (Å²) in [5, 5.41) is 3.20. The third-order valence-corrected chi connectivity index (χ3v) is 2.34. The number of dihydropyridines is 1. The highest BCUT2D eigenvalue weighted by Crippen LogP contribution is 2.17. The van der Waals surface area contributed by atoms with Crippen LogP contribution in [0.3, 0.4) is 0 Å². The van der Waals surface area contributed by atoms with E-state index in [1.54, 1.807) is 12.1 Å². The molecule has 1 aromatic carbocycles. The van der Waals surface area contributed by atoms with Crippen molar-refractivity contribution in [2.75, 3.05) is 0 Å². The molecule has 1 aromatic rings. The topological polar surface area (TPSA) is 55.1 Å². The molecule has 0 saturated carbocycles. The van der Waals surface area contributed by atoms with Crippen molar-refractivity contribution >= 4 is 5.91 Å². The second kappa shape index (κ2) is 4.00. The number of allylic oxidation sites excluding steroid dienone is 2. The second-order valence-electron chi connectivity index (χ2n) is 3.37. The molecule has 2 rings (SSSR count). The lowest BCUT2D eigenvalue weighted by atomic mass is 10.0. The number of nitrogens with two attached hydrogens (primary N) is 1. The third kappa shape index (κ3) is 2.07. The zero-order valence-corrected chi connectivity index (χ0v) is 8.18. The van der Waals surface area contributed by atoms with Crippen molar-refractivity contribution in [3.05, 3.63) is 59.8 Å². The summed E-state index contributed by atoms with van der Waals surface area (Å²) in [7, 11) is 0. The number of rotatable bonds is 2. The average Bonchev–Trinajstić information content (AvgIpc) is 2.30. The van der Waals surface area contributed by atoms with Gasteiger partial charge in [-0.3, -0.25) is 4.79 Å². The highest BCUT2D eigenvalue weighted by atomic mass is 16.1. The van der Waals surface area contributed by atoms with E-state index >= 15 is 0 Å². The summed E-state index contributed by atoms with van der Waals surface area (Å²) >= 11 is 0. The highest BCUT2D eigenvalue weighted by molar-refractivity contribution is 5.92. The summed E-state index contributed by atoms with van der Waals surface area (Å²) in [5.74, 6) is -0.395. The number of benzene rings is 1. The second-order valence-corrected chi connectivity index (χ2v) is 3.37. The monoisotopic (exact) mass is 200 g/mol. The molecule has 3 heteroatoms. The smallest absolute Gasteiger partial charge is 0.248 e. The van der Waals surface area contributed by atoms with Gasteiger partial charge < -0.3 is 11.1 Å². The van der Waals surface area contributed by atoms with Gasteiger partial charge in [-0.15, -0.1) is 0 Å². The van der Waals surface area contributed by atoms with Crippen molar-refractivity contribution < 1.29 is 4.79 Å². The first-order chi connectivity index (χ1) is 7.27. The SMILES string of the molecule is NC(=O)c1ccc(C2C=CC=CN2)cc1. The summed E-state index contributed by atoms with van der Waals surface area (Å²) in [6.07, 6.45) is 7.88. The number of primary amides is 1. The molecule has 0 radical (unpaired) electrons. The molecule has 1 amide bonds. The maximum atomic E-state index is 10.9. The molecule has 1 aliphatic heterocycles. The Bertz CT molecular complexity index is 418. The summed E-state index contributed by atoms with van der Waals surface area (Å²) in [6, 6.07) is 7.47. The first-order valence-electron chi connectivity index (χ1n) is 4.76. The molecule has 1 heterocycles. The number of carbonyl (C=O) groups is 1. The fourth-order valence-electron chi connectivity index (χ4n) is 1.51. The standard InChI is InChI=1S/C12H12N2O/c13-12(15)10-6-4-9(5-7-10)11-3-1-2-8-14-11/h1-8,11,14H,(H2,13,15). The number of hydrogen-bond donors (Lipinski definition) is 2. The fourth-order valence-corrected chi connectivity index (χ4v) is 1.51. The largest absolute Gasteiger partial charge is 0.381 e. The van der Waals surface area contributed by atoms with Gasteiger partial charge in [0.25, 0.3) is 0 Å². The van der Waals surface area contributed by atoms with Gasteiger partial charge in [-0.25, -0.2) is 0 Å². The van der Waals surface area contributed by atoms with E-state index in [1.807, 2.05) is 30.5 Å². The van der Waals surface area contributed by atoms with Crippen molar-refractivity contribution in [1.29, 1.82) is 0 Å². The molecule has 0 aliphatic carbocycles. The van der Waals surface area contributed by atoms with Crippen LogP contribution in [0.1, 0.15) is 22.0 Å². The van der Waals surface area contributed by atoms with Crippen molar-refractivity contribution in [2.45, 2.75) is 6.04 Å². The number of carbonyl (C=O) groups excluding carboxylic acids is 1. The van der Waals surface area contributed by atoms with Crippen molar-refractivity contribution in [1.82, 2.24) is 5.32 Å². The van der Waals surface area contributed by atoms with E-state index in [9.17, 15) is 4.79 Å². The molecule has 76 valence electrons. The van der Waals surface area contributed by atoms with Gasteiger partial charge in [-0.1, -0.05) is 24.3 Å². The van der Waals surface area contributed by atoms with Crippen LogP contribution in [0.4, 0.5) is 0 Å². The molecular weight excluding hydrogens is 188 g/mol. The van der Waals surface area contributed by atoms with E-state index in [0.29, 0.717) is 5.56 Å². The minimum absolute atomic E-state index is 0.178. The van der Waals surface area contributed by atoms with Crippen LogP contribution >= 0.6 is 0 Å². The Morgan fingerprint density at radius 2 is 1.93 bits per heavy atom. The van der Waals surface area contributed by atoms with Crippen LogP contribution in [0.5, 0.6) is 0 Å². The summed E-state index contributed by atoms with van der Waals surface area (Å²) < 4.78 is 0. The van der Waals surface area contributed by atoms with Gasteiger partial charge in [-0.2, -0.15) is 0 Å². The van der Waals surface area contributed by atoms with Gasteiger partial charge in [0.15, 0.2) is 0 Å². The van der Waals surface area contributed by atoms with Crippen LogP contribution in [0.2, 0.25) is 0 Å². The predicted molar refractivity (Wildman–Crippen MR) is 59.1 cm³/mol. The molecular formula is C12H12N2O. The molecule has 0 spiro atoms. The number of nitrogens with one attached hydrogen (secondary N) is 1. The van der Waals surface area contributed by atoms with Crippen LogP contribution in [-0.4, -0.2) is 5.91 Å². The minimum atomic E-state index is -0.395. The van der Waals surface area contributed by atoms with Crippen LogP contribution in [0, 0.1) is 0 Å². The Balaban J connectivity index is 2.20. The first kappa shape index (κ1) is 9.52. The number of hydrogen-bond acceptors (Lipinski definition) is 2. The first-order valence-corrected chi connectivity index (χ1v) is 4.76. The molecule has 0 aromatic heterocycles. The van der Waals surface area contributed by atoms with Gasteiger partial charge >= 0.3 is 0 Å². The van der Waals surface area contributed by atoms with Gasteiger partial charge in [0.1, 0.15) is 0 Å². The van der Waals surface area contributed by atoms with Crippen LogP contribution in [-0.2, 0) is 0 Å². The Hall–Kier alpha value is -2.03. The van der Waals surface area contributed by atoms with E-state index < -0.39 is 5.91 Å². The van der Waals surface area contributed by atoms with E-state index in [2.05, 4.69) is 11.4 Å². The minimum Gasteiger partial charge on any atom is -0.381 e.